The SMILES string of the molecule is O=C(Nc1ccccc1)c1ccc(CN2CCN([C@@H]3CCS(=O)(=O)C3)CC2)cc1. The van der Waals surface area contributed by atoms with Gasteiger partial charge in [0.05, 0.1) is 11.5 Å². The number of benzene rings is 2. The van der Waals surface area contributed by atoms with E-state index in [1.54, 1.807) is 0 Å². The molecule has 154 valence electrons. The highest BCUT2D eigenvalue weighted by atomic mass is 32.2. The minimum Gasteiger partial charge on any atom is -0.322 e. The summed E-state index contributed by atoms with van der Waals surface area (Å²) in [5, 5.41) is 2.90. The Bertz CT molecular complexity index is 937. The van der Waals surface area contributed by atoms with Crippen LogP contribution in [0.1, 0.15) is 22.3 Å². The van der Waals surface area contributed by atoms with Crippen LogP contribution in [0, 0.1) is 0 Å². The first-order valence-corrected chi connectivity index (χ1v) is 11.9. The molecule has 2 heterocycles. The van der Waals surface area contributed by atoms with Gasteiger partial charge in [-0.3, -0.25) is 14.6 Å². The fourth-order valence-electron chi connectivity index (χ4n) is 4.09. The highest BCUT2D eigenvalue weighted by Crippen LogP contribution is 2.20. The van der Waals surface area contributed by atoms with Gasteiger partial charge in [-0.25, -0.2) is 8.42 Å². The zero-order valence-electron chi connectivity index (χ0n) is 16.5. The number of hydrogen-bond acceptors (Lipinski definition) is 5. The molecule has 2 aromatic carbocycles. The first-order chi connectivity index (χ1) is 14.0. The van der Waals surface area contributed by atoms with Gasteiger partial charge in [0.15, 0.2) is 9.84 Å². The van der Waals surface area contributed by atoms with Crippen molar-refractivity contribution in [3.63, 3.8) is 0 Å². The van der Waals surface area contributed by atoms with E-state index in [1.165, 1.54) is 5.56 Å². The van der Waals surface area contributed by atoms with Crippen LogP contribution in [0.25, 0.3) is 0 Å². The molecule has 0 aliphatic carbocycles. The third-order valence-electron chi connectivity index (χ3n) is 5.79. The van der Waals surface area contributed by atoms with E-state index in [9.17, 15) is 13.2 Å². The molecule has 0 bridgehead atoms. The summed E-state index contributed by atoms with van der Waals surface area (Å²) in [5.41, 5.74) is 2.61. The molecule has 0 unspecified atom stereocenters. The Balaban J connectivity index is 1.27. The second-order valence-corrected chi connectivity index (χ2v) is 10.1. The Morgan fingerprint density at radius 3 is 2.28 bits per heavy atom. The van der Waals surface area contributed by atoms with Crippen molar-refractivity contribution in [2.45, 2.75) is 19.0 Å². The summed E-state index contributed by atoms with van der Waals surface area (Å²) in [5.74, 6) is 0.546. The average Bonchev–Trinajstić information content (AvgIpc) is 3.09. The maximum absolute atomic E-state index is 12.4. The Kier molecular flexibility index (Phi) is 5.99. The van der Waals surface area contributed by atoms with Gasteiger partial charge in [-0.05, 0) is 36.2 Å². The number of anilines is 1. The van der Waals surface area contributed by atoms with Crippen molar-refractivity contribution in [2.75, 3.05) is 43.0 Å². The minimum atomic E-state index is -2.83. The summed E-state index contributed by atoms with van der Waals surface area (Å²) in [6.07, 6.45) is 0.773. The van der Waals surface area contributed by atoms with Crippen molar-refractivity contribution in [3.05, 3.63) is 65.7 Å². The first-order valence-electron chi connectivity index (χ1n) is 10.1. The van der Waals surface area contributed by atoms with E-state index in [1.807, 2.05) is 54.6 Å². The van der Waals surface area contributed by atoms with Crippen molar-refractivity contribution in [1.82, 2.24) is 9.80 Å². The van der Waals surface area contributed by atoms with E-state index in [0.29, 0.717) is 17.1 Å². The monoisotopic (exact) mass is 413 g/mol. The molecular formula is C22H27N3O3S. The molecule has 2 saturated heterocycles. The molecule has 0 spiro atoms. The molecule has 2 aromatic rings. The van der Waals surface area contributed by atoms with Crippen molar-refractivity contribution in [1.29, 1.82) is 0 Å². The molecule has 1 N–H and O–H groups in total. The van der Waals surface area contributed by atoms with Crippen LogP contribution in [0.4, 0.5) is 5.69 Å². The Hall–Kier alpha value is -2.22. The Morgan fingerprint density at radius 1 is 0.966 bits per heavy atom. The van der Waals surface area contributed by atoms with Crippen molar-refractivity contribution < 1.29 is 13.2 Å². The highest BCUT2D eigenvalue weighted by Gasteiger charge is 2.33. The molecule has 0 saturated carbocycles. The number of nitrogens with one attached hydrogen (secondary N) is 1. The maximum atomic E-state index is 12.4. The topological polar surface area (TPSA) is 69.7 Å². The van der Waals surface area contributed by atoms with Gasteiger partial charge < -0.3 is 5.32 Å². The van der Waals surface area contributed by atoms with Crippen LogP contribution in [0.5, 0.6) is 0 Å². The van der Waals surface area contributed by atoms with E-state index in [0.717, 1.165) is 44.8 Å². The molecule has 2 fully saturated rings. The lowest BCUT2D eigenvalue weighted by Crippen LogP contribution is -2.50. The smallest absolute Gasteiger partial charge is 0.255 e. The van der Waals surface area contributed by atoms with E-state index in [-0.39, 0.29) is 11.9 Å². The molecule has 2 aliphatic heterocycles. The zero-order valence-corrected chi connectivity index (χ0v) is 17.3. The third kappa shape index (κ3) is 5.23. The lowest BCUT2D eigenvalue weighted by atomic mass is 10.1. The molecule has 1 amide bonds. The number of para-hydroxylation sites is 1. The van der Waals surface area contributed by atoms with Gasteiger partial charge in [0.2, 0.25) is 0 Å². The summed E-state index contributed by atoms with van der Waals surface area (Å²) >= 11 is 0. The van der Waals surface area contributed by atoms with Gasteiger partial charge in [-0.2, -0.15) is 0 Å². The van der Waals surface area contributed by atoms with Crippen LogP contribution in [-0.4, -0.2) is 67.9 Å². The van der Waals surface area contributed by atoms with Gasteiger partial charge in [0.25, 0.3) is 5.91 Å². The quantitative estimate of drug-likeness (QED) is 0.814. The normalized spacial score (nSPS) is 22.4. The molecular weight excluding hydrogens is 386 g/mol. The molecule has 4 rings (SSSR count). The molecule has 7 heteroatoms. The largest absolute Gasteiger partial charge is 0.322 e. The molecule has 0 radical (unpaired) electrons. The number of nitrogens with zero attached hydrogens (tertiary/aromatic N) is 2. The predicted molar refractivity (Wildman–Crippen MR) is 115 cm³/mol. The first kappa shape index (κ1) is 20.1. The van der Waals surface area contributed by atoms with E-state index >= 15 is 0 Å². The molecule has 29 heavy (non-hydrogen) atoms. The minimum absolute atomic E-state index is 0.108. The second-order valence-electron chi connectivity index (χ2n) is 7.89. The van der Waals surface area contributed by atoms with Crippen LogP contribution >= 0.6 is 0 Å². The fraction of sp³-hybridized carbons (Fsp3) is 0.409. The summed E-state index contributed by atoms with van der Waals surface area (Å²) < 4.78 is 23.4. The number of carbonyl (C=O) groups is 1. The van der Waals surface area contributed by atoms with Gasteiger partial charge in [0.1, 0.15) is 0 Å². The fourth-order valence-corrected chi connectivity index (χ4v) is 5.86. The lowest BCUT2D eigenvalue weighted by Gasteiger charge is -2.37. The highest BCUT2D eigenvalue weighted by molar-refractivity contribution is 7.91. The van der Waals surface area contributed by atoms with Crippen LogP contribution in [0.3, 0.4) is 0 Å². The average molecular weight is 414 g/mol. The van der Waals surface area contributed by atoms with Crippen LogP contribution in [0.2, 0.25) is 0 Å². The number of sulfone groups is 1. The number of amides is 1. The van der Waals surface area contributed by atoms with Gasteiger partial charge in [-0.15, -0.1) is 0 Å². The summed E-state index contributed by atoms with van der Waals surface area (Å²) in [7, 11) is -2.83. The van der Waals surface area contributed by atoms with E-state index in [2.05, 4.69) is 15.1 Å². The molecule has 0 aromatic heterocycles. The summed E-state index contributed by atoms with van der Waals surface area (Å²) in [6.45, 7) is 4.55. The third-order valence-corrected chi connectivity index (χ3v) is 7.54. The molecule has 6 nitrogen and oxygen atoms in total. The van der Waals surface area contributed by atoms with Gasteiger partial charge in [-0.1, -0.05) is 30.3 Å². The van der Waals surface area contributed by atoms with Crippen molar-refractivity contribution in [3.8, 4) is 0 Å². The predicted octanol–water partition coefficient (Wildman–Crippen LogP) is 2.24. The Morgan fingerprint density at radius 2 is 1.66 bits per heavy atom. The number of carbonyl (C=O) groups excluding carboxylic acids is 1. The van der Waals surface area contributed by atoms with Crippen LogP contribution in [-0.2, 0) is 16.4 Å². The second kappa shape index (κ2) is 8.65. The molecule has 2 aliphatic rings. The lowest BCUT2D eigenvalue weighted by molar-refractivity contribution is 0.1000. The van der Waals surface area contributed by atoms with Crippen molar-refractivity contribution >= 4 is 21.4 Å². The Labute approximate surface area is 172 Å². The van der Waals surface area contributed by atoms with Crippen LogP contribution in [0.15, 0.2) is 54.6 Å². The number of rotatable bonds is 5. The van der Waals surface area contributed by atoms with Gasteiger partial charge >= 0.3 is 0 Å². The van der Waals surface area contributed by atoms with Crippen molar-refractivity contribution in [2.24, 2.45) is 0 Å². The number of hydrogen-bond donors (Lipinski definition) is 1. The zero-order chi connectivity index (χ0) is 20.3. The summed E-state index contributed by atoms with van der Waals surface area (Å²) in [6, 6.07) is 17.4. The van der Waals surface area contributed by atoms with Gasteiger partial charge in [0, 0.05) is 50.0 Å². The van der Waals surface area contributed by atoms with E-state index < -0.39 is 9.84 Å². The maximum Gasteiger partial charge on any atom is 0.255 e. The summed E-state index contributed by atoms with van der Waals surface area (Å²) in [4.78, 5) is 17.1. The standard InChI is InChI=1S/C22H27N3O3S/c26-22(23-20-4-2-1-3-5-20)19-8-6-18(7-9-19)16-24-11-13-25(14-12-24)21-10-15-29(27,28)17-21/h1-9,21H,10-17H2,(H,23,26)/t21-/m1/s1. The number of piperazine rings is 1. The van der Waals surface area contributed by atoms with Crippen LogP contribution < -0.4 is 5.32 Å². The molecule has 1 atom stereocenters. The van der Waals surface area contributed by atoms with E-state index in [4.69, 9.17) is 0 Å².